The van der Waals surface area contributed by atoms with Crippen LogP contribution in [-0.4, -0.2) is 54.5 Å². The Balaban J connectivity index is 1.47. The van der Waals surface area contributed by atoms with E-state index in [4.69, 9.17) is 16.3 Å². The largest absolute Gasteiger partial charge is 0.455 e. The van der Waals surface area contributed by atoms with Gasteiger partial charge in [0.2, 0.25) is 0 Å². The van der Waals surface area contributed by atoms with Crippen LogP contribution in [-0.2, 0) is 20.7 Å². The number of halogens is 1. The number of carbonyl (C=O) groups excluding carboxylic acids is 2. The van der Waals surface area contributed by atoms with Crippen LogP contribution < -0.4 is 4.90 Å². The Morgan fingerprint density at radius 3 is 2.48 bits per heavy atom. The number of hydrogen-bond donors (Lipinski definition) is 0. The van der Waals surface area contributed by atoms with Gasteiger partial charge in [0.25, 0.3) is 11.6 Å². The molecule has 1 heterocycles. The molecule has 0 aromatic heterocycles. The average molecular weight is 418 g/mol. The minimum atomic E-state index is -0.676. The molecule has 1 aliphatic heterocycles. The van der Waals surface area contributed by atoms with Crippen molar-refractivity contribution in [3.05, 3.63) is 69.2 Å². The van der Waals surface area contributed by atoms with Gasteiger partial charge in [-0.25, -0.2) is 0 Å². The van der Waals surface area contributed by atoms with Crippen molar-refractivity contribution in [2.24, 2.45) is 0 Å². The summed E-state index contributed by atoms with van der Waals surface area (Å²) in [7, 11) is 0. The zero-order valence-electron chi connectivity index (χ0n) is 15.6. The summed E-state index contributed by atoms with van der Waals surface area (Å²) in [6.07, 6.45) is -0.257. The molecule has 8 nitrogen and oxygen atoms in total. The van der Waals surface area contributed by atoms with Crippen molar-refractivity contribution in [1.29, 1.82) is 0 Å². The molecule has 0 aliphatic carbocycles. The molecule has 0 bridgehead atoms. The fourth-order valence-electron chi connectivity index (χ4n) is 3.17. The summed E-state index contributed by atoms with van der Waals surface area (Å²) in [6.45, 7) is 1.93. The minimum absolute atomic E-state index is 0.145. The topological polar surface area (TPSA) is 93.0 Å². The Labute approximate surface area is 172 Å². The fourth-order valence-corrected chi connectivity index (χ4v) is 3.35. The second-order valence-electron chi connectivity index (χ2n) is 6.57. The second kappa shape index (κ2) is 9.38. The van der Waals surface area contributed by atoms with E-state index in [-0.39, 0.29) is 30.2 Å². The van der Waals surface area contributed by atoms with E-state index >= 15 is 0 Å². The van der Waals surface area contributed by atoms with Crippen LogP contribution in [0, 0.1) is 10.1 Å². The lowest BCUT2D eigenvalue weighted by atomic mass is 10.1. The van der Waals surface area contributed by atoms with E-state index in [9.17, 15) is 19.7 Å². The van der Waals surface area contributed by atoms with Crippen molar-refractivity contribution in [3.8, 4) is 0 Å². The monoisotopic (exact) mass is 417 g/mol. The van der Waals surface area contributed by atoms with Gasteiger partial charge in [-0.15, -0.1) is 0 Å². The number of nitro benzene ring substituents is 1. The van der Waals surface area contributed by atoms with Crippen LogP contribution in [0.15, 0.2) is 48.5 Å². The number of hydrogen-bond acceptors (Lipinski definition) is 6. The van der Waals surface area contributed by atoms with Gasteiger partial charge in [0.1, 0.15) is 0 Å². The molecule has 152 valence electrons. The van der Waals surface area contributed by atoms with Crippen LogP contribution in [0.4, 0.5) is 11.4 Å². The molecule has 2 aromatic carbocycles. The summed E-state index contributed by atoms with van der Waals surface area (Å²) in [5.41, 5.74) is 1.11. The third-order valence-corrected chi connectivity index (χ3v) is 4.92. The average Bonchev–Trinajstić information content (AvgIpc) is 2.72. The SMILES string of the molecule is O=C(Cc1ccccc1[N+](=O)[O-])OCC(=O)N1CCN(c2cccc(Cl)c2)CC1. The first-order chi connectivity index (χ1) is 13.9. The van der Waals surface area contributed by atoms with Crippen molar-refractivity contribution in [1.82, 2.24) is 4.90 Å². The number of ether oxygens (including phenoxy) is 1. The summed E-state index contributed by atoms with van der Waals surface area (Å²) in [4.78, 5) is 38.6. The van der Waals surface area contributed by atoms with Crippen molar-refractivity contribution >= 4 is 34.9 Å². The number of carbonyl (C=O) groups is 2. The highest BCUT2D eigenvalue weighted by Gasteiger charge is 2.23. The van der Waals surface area contributed by atoms with E-state index < -0.39 is 10.9 Å². The highest BCUT2D eigenvalue weighted by Crippen LogP contribution is 2.21. The molecule has 0 radical (unpaired) electrons. The first kappa shape index (κ1) is 20.6. The van der Waals surface area contributed by atoms with Crippen LogP contribution >= 0.6 is 11.6 Å². The molecule has 1 fully saturated rings. The molecule has 2 aromatic rings. The molecule has 0 unspecified atom stereocenters. The van der Waals surface area contributed by atoms with Crippen molar-refractivity contribution in [2.45, 2.75) is 6.42 Å². The maximum atomic E-state index is 12.3. The number of nitro groups is 1. The van der Waals surface area contributed by atoms with E-state index in [1.807, 2.05) is 24.3 Å². The highest BCUT2D eigenvalue weighted by atomic mass is 35.5. The van der Waals surface area contributed by atoms with E-state index in [1.54, 1.807) is 11.0 Å². The lowest BCUT2D eigenvalue weighted by Gasteiger charge is -2.36. The molecule has 0 spiro atoms. The zero-order chi connectivity index (χ0) is 20.8. The van der Waals surface area contributed by atoms with E-state index in [2.05, 4.69) is 4.90 Å². The van der Waals surface area contributed by atoms with Crippen LogP contribution in [0.25, 0.3) is 0 Å². The van der Waals surface area contributed by atoms with Gasteiger partial charge in [0.05, 0.1) is 11.3 Å². The molecule has 1 amide bonds. The smallest absolute Gasteiger partial charge is 0.311 e. The molecular weight excluding hydrogens is 398 g/mol. The van der Waals surface area contributed by atoms with Crippen LogP contribution in [0.2, 0.25) is 5.02 Å². The van der Waals surface area contributed by atoms with Gasteiger partial charge < -0.3 is 14.5 Å². The van der Waals surface area contributed by atoms with Gasteiger partial charge >= 0.3 is 5.97 Å². The number of benzene rings is 2. The maximum Gasteiger partial charge on any atom is 0.311 e. The van der Waals surface area contributed by atoms with Crippen molar-refractivity contribution < 1.29 is 19.2 Å². The summed E-state index contributed by atoms with van der Waals surface area (Å²) in [5.74, 6) is -0.961. The standard InChI is InChI=1S/C20H20ClN3O5/c21-16-5-3-6-17(13-16)22-8-10-23(11-9-22)19(25)14-29-20(26)12-15-4-1-2-7-18(15)24(27)28/h1-7,13H,8-12,14H2. The molecule has 0 N–H and O–H groups in total. The number of piperazine rings is 1. The highest BCUT2D eigenvalue weighted by molar-refractivity contribution is 6.30. The van der Waals surface area contributed by atoms with Gasteiger partial charge in [0, 0.05) is 48.5 Å². The number of rotatable bonds is 6. The molecular formula is C20H20ClN3O5. The first-order valence-electron chi connectivity index (χ1n) is 9.10. The van der Waals surface area contributed by atoms with Crippen molar-refractivity contribution in [2.75, 3.05) is 37.7 Å². The number of esters is 1. The number of amides is 1. The fraction of sp³-hybridized carbons (Fsp3) is 0.300. The maximum absolute atomic E-state index is 12.3. The van der Waals surface area contributed by atoms with Crippen molar-refractivity contribution in [3.63, 3.8) is 0 Å². The zero-order valence-corrected chi connectivity index (χ0v) is 16.4. The molecule has 0 saturated carbocycles. The lowest BCUT2D eigenvalue weighted by molar-refractivity contribution is -0.385. The summed E-state index contributed by atoms with van der Waals surface area (Å²) in [6, 6.07) is 13.5. The number of nitrogens with zero attached hydrogens (tertiary/aromatic N) is 3. The van der Waals surface area contributed by atoms with E-state index in [1.165, 1.54) is 18.2 Å². The first-order valence-corrected chi connectivity index (χ1v) is 9.48. The Bertz CT molecular complexity index is 912. The normalized spacial score (nSPS) is 13.8. The predicted octanol–water partition coefficient (Wildman–Crippen LogP) is 2.68. The van der Waals surface area contributed by atoms with Crippen LogP contribution in [0.3, 0.4) is 0 Å². The Kier molecular flexibility index (Phi) is 6.66. The van der Waals surface area contributed by atoms with Gasteiger partial charge in [-0.05, 0) is 18.2 Å². The molecule has 1 aliphatic rings. The predicted molar refractivity (Wildman–Crippen MR) is 108 cm³/mol. The van der Waals surface area contributed by atoms with Crippen LogP contribution in [0.5, 0.6) is 0 Å². The number of anilines is 1. The molecule has 29 heavy (non-hydrogen) atoms. The van der Waals surface area contributed by atoms with Crippen LogP contribution in [0.1, 0.15) is 5.56 Å². The molecule has 3 rings (SSSR count). The van der Waals surface area contributed by atoms with E-state index in [0.717, 1.165) is 5.69 Å². The molecule has 9 heteroatoms. The summed E-state index contributed by atoms with van der Waals surface area (Å²) in [5, 5.41) is 11.7. The van der Waals surface area contributed by atoms with Gasteiger partial charge in [-0.3, -0.25) is 19.7 Å². The van der Waals surface area contributed by atoms with Gasteiger partial charge in [0.15, 0.2) is 6.61 Å². The lowest BCUT2D eigenvalue weighted by Crippen LogP contribution is -2.50. The Morgan fingerprint density at radius 2 is 1.79 bits per heavy atom. The Hall–Kier alpha value is -3.13. The van der Waals surface area contributed by atoms with E-state index in [0.29, 0.717) is 31.2 Å². The quantitative estimate of drug-likeness (QED) is 0.407. The summed E-state index contributed by atoms with van der Waals surface area (Å²) < 4.78 is 5.04. The molecule has 1 saturated heterocycles. The Morgan fingerprint density at radius 1 is 1.07 bits per heavy atom. The molecule has 0 atom stereocenters. The van der Waals surface area contributed by atoms with Gasteiger partial charge in [-0.1, -0.05) is 35.9 Å². The second-order valence-corrected chi connectivity index (χ2v) is 7.01. The van der Waals surface area contributed by atoms with Gasteiger partial charge in [-0.2, -0.15) is 0 Å². The minimum Gasteiger partial charge on any atom is -0.455 e. The third kappa shape index (κ3) is 5.45. The third-order valence-electron chi connectivity index (χ3n) is 4.69. The summed E-state index contributed by atoms with van der Waals surface area (Å²) >= 11 is 6.02. The number of para-hydroxylation sites is 1.